The Morgan fingerprint density at radius 3 is 2.71 bits per heavy atom. The summed E-state index contributed by atoms with van der Waals surface area (Å²) in [6, 6.07) is 7.28. The molecule has 4 rings (SSSR count). The van der Waals surface area contributed by atoms with Crippen LogP contribution in [0.15, 0.2) is 35.3 Å². The van der Waals surface area contributed by atoms with Crippen LogP contribution in [0.2, 0.25) is 0 Å². The van der Waals surface area contributed by atoms with Crippen LogP contribution >= 0.6 is 0 Å². The minimum absolute atomic E-state index is 0.0446. The molecular formula is C20H26N4O4. The smallest absolute Gasteiger partial charge is 0.275 e. The van der Waals surface area contributed by atoms with Gasteiger partial charge in [-0.1, -0.05) is 18.2 Å². The molecule has 0 unspecified atom stereocenters. The number of hydrogen-bond acceptors (Lipinski definition) is 6. The van der Waals surface area contributed by atoms with Gasteiger partial charge in [-0.3, -0.25) is 14.5 Å². The van der Waals surface area contributed by atoms with Crippen molar-refractivity contribution in [2.45, 2.75) is 31.5 Å². The van der Waals surface area contributed by atoms with E-state index in [1.807, 2.05) is 12.1 Å². The van der Waals surface area contributed by atoms with Gasteiger partial charge < -0.3 is 14.7 Å². The molecule has 2 aliphatic heterocycles. The molecule has 1 aromatic heterocycles. The highest BCUT2D eigenvalue weighted by Gasteiger charge is 2.31. The highest BCUT2D eigenvalue weighted by Crippen LogP contribution is 2.19. The molecule has 1 N–H and O–H groups in total. The molecule has 2 atom stereocenters. The highest BCUT2D eigenvalue weighted by atomic mass is 16.5. The lowest BCUT2D eigenvalue weighted by molar-refractivity contribution is -0.132. The third-order valence-corrected chi connectivity index (χ3v) is 5.75. The molecule has 0 aliphatic carbocycles. The van der Waals surface area contributed by atoms with Gasteiger partial charge in [0, 0.05) is 37.6 Å². The lowest BCUT2D eigenvalue weighted by Gasteiger charge is -2.36. The average Bonchev–Trinajstić information content (AvgIpc) is 2.92. The SMILES string of the molecule is O=C(Cn1ncc2ccccc2c1=O)N1CC[C@H](O)[C@@H](N2CCOCC2)CC1. The lowest BCUT2D eigenvalue weighted by atomic mass is 10.0. The monoisotopic (exact) mass is 386 g/mol. The Balaban J connectivity index is 1.44. The van der Waals surface area contributed by atoms with E-state index >= 15 is 0 Å². The molecule has 8 heteroatoms. The van der Waals surface area contributed by atoms with Gasteiger partial charge in [-0.2, -0.15) is 5.10 Å². The summed E-state index contributed by atoms with van der Waals surface area (Å²) in [4.78, 5) is 29.4. The molecule has 0 saturated carbocycles. The van der Waals surface area contributed by atoms with E-state index < -0.39 is 6.10 Å². The Hall–Kier alpha value is -2.29. The predicted molar refractivity (Wildman–Crippen MR) is 104 cm³/mol. The van der Waals surface area contributed by atoms with Crippen LogP contribution in [0.25, 0.3) is 10.8 Å². The van der Waals surface area contributed by atoms with Crippen LogP contribution < -0.4 is 5.56 Å². The second-order valence-electron chi connectivity index (χ2n) is 7.44. The van der Waals surface area contributed by atoms with Gasteiger partial charge in [0.25, 0.3) is 5.56 Å². The third-order valence-electron chi connectivity index (χ3n) is 5.75. The van der Waals surface area contributed by atoms with Crippen molar-refractivity contribution in [3.63, 3.8) is 0 Å². The van der Waals surface area contributed by atoms with Crippen molar-refractivity contribution in [2.75, 3.05) is 39.4 Å². The maximum absolute atomic E-state index is 12.8. The molecule has 2 aliphatic rings. The molecule has 1 amide bonds. The number of aromatic nitrogens is 2. The standard InChI is InChI=1S/C20H26N4O4/c25-18-6-8-23(7-5-17(18)22-9-11-28-12-10-22)19(26)14-24-20(27)16-4-2-1-3-15(16)13-21-24/h1-4,13,17-18,25H,5-12,14H2/t17-,18-/m0/s1. The summed E-state index contributed by atoms with van der Waals surface area (Å²) in [7, 11) is 0. The maximum atomic E-state index is 12.8. The molecule has 150 valence electrons. The number of rotatable bonds is 3. The summed E-state index contributed by atoms with van der Waals surface area (Å²) in [6.45, 7) is 3.97. The van der Waals surface area contributed by atoms with Crippen LogP contribution in [-0.2, 0) is 16.1 Å². The molecule has 2 saturated heterocycles. The Morgan fingerprint density at radius 2 is 1.89 bits per heavy atom. The van der Waals surface area contributed by atoms with Crippen LogP contribution in [0.1, 0.15) is 12.8 Å². The number of aliphatic hydroxyl groups excluding tert-OH is 1. The van der Waals surface area contributed by atoms with Crippen molar-refractivity contribution < 1.29 is 14.6 Å². The fourth-order valence-corrected chi connectivity index (χ4v) is 4.13. The minimum atomic E-state index is -0.461. The largest absolute Gasteiger partial charge is 0.391 e. The van der Waals surface area contributed by atoms with E-state index in [2.05, 4.69) is 10.00 Å². The second kappa shape index (κ2) is 8.38. The normalized spacial score (nSPS) is 24.2. The van der Waals surface area contributed by atoms with Crippen LogP contribution in [0.5, 0.6) is 0 Å². The first-order valence-electron chi connectivity index (χ1n) is 9.86. The fourth-order valence-electron chi connectivity index (χ4n) is 4.13. The van der Waals surface area contributed by atoms with Crippen molar-refractivity contribution in [2.24, 2.45) is 0 Å². The van der Waals surface area contributed by atoms with Crippen molar-refractivity contribution >= 4 is 16.7 Å². The fraction of sp³-hybridized carbons (Fsp3) is 0.550. The van der Waals surface area contributed by atoms with E-state index in [1.165, 1.54) is 4.68 Å². The van der Waals surface area contributed by atoms with Crippen molar-refractivity contribution in [1.29, 1.82) is 0 Å². The number of aliphatic hydroxyl groups is 1. The number of morpholine rings is 1. The topological polar surface area (TPSA) is 87.9 Å². The number of hydrogen-bond donors (Lipinski definition) is 1. The summed E-state index contributed by atoms with van der Waals surface area (Å²) < 4.78 is 6.62. The van der Waals surface area contributed by atoms with Crippen LogP contribution in [0.3, 0.4) is 0 Å². The Labute approximate surface area is 163 Å². The summed E-state index contributed by atoms with van der Waals surface area (Å²) in [6.07, 6.45) is 2.41. The second-order valence-corrected chi connectivity index (χ2v) is 7.44. The number of nitrogens with zero attached hydrogens (tertiary/aromatic N) is 4. The summed E-state index contributed by atoms with van der Waals surface area (Å²) >= 11 is 0. The van der Waals surface area contributed by atoms with Crippen LogP contribution in [-0.4, -0.2) is 82.1 Å². The van der Waals surface area contributed by atoms with Crippen molar-refractivity contribution in [3.05, 3.63) is 40.8 Å². The van der Waals surface area contributed by atoms with E-state index in [0.717, 1.165) is 18.5 Å². The number of carbonyl (C=O) groups excluding carboxylic acids is 1. The van der Waals surface area contributed by atoms with E-state index in [9.17, 15) is 14.7 Å². The first-order chi connectivity index (χ1) is 13.6. The Morgan fingerprint density at radius 1 is 1.14 bits per heavy atom. The molecular weight excluding hydrogens is 360 g/mol. The Bertz CT molecular complexity index is 893. The number of ether oxygens (including phenoxy) is 1. The maximum Gasteiger partial charge on any atom is 0.275 e. The van der Waals surface area contributed by atoms with Gasteiger partial charge in [0.05, 0.1) is 30.9 Å². The first kappa shape index (κ1) is 19.0. The molecule has 2 aromatic rings. The zero-order valence-corrected chi connectivity index (χ0v) is 15.9. The van der Waals surface area contributed by atoms with Gasteiger partial charge >= 0.3 is 0 Å². The van der Waals surface area contributed by atoms with Gasteiger partial charge in [0.1, 0.15) is 6.54 Å². The van der Waals surface area contributed by atoms with E-state index in [-0.39, 0.29) is 24.1 Å². The molecule has 3 heterocycles. The number of benzene rings is 1. The molecule has 0 spiro atoms. The van der Waals surface area contributed by atoms with Gasteiger partial charge in [-0.05, 0) is 18.9 Å². The zero-order chi connectivity index (χ0) is 19.5. The van der Waals surface area contributed by atoms with Gasteiger partial charge in [-0.25, -0.2) is 4.68 Å². The van der Waals surface area contributed by atoms with Crippen molar-refractivity contribution in [3.8, 4) is 0 Å². The number of amides is 1. The Kier molecular flexibility index (Phi) is 5.70. The van der Waals surface area contributed by atoms with E-state index in [0.29, 0.717) is 44.5 Å². The summed E-state index contributed by atoms with van der Waals surface area (Å²) in [5.74, 6) is -0.139. The van der Waals surface area contributed by atoms with Gasteiger partial charge in [0.2, 0.25) is 5.91 Å². The van der Waals surface area contributed by atoms with Crippen molar-refractivity contribution in [1.82, 2.24) is 19.6 Å². The quantitative estimate of drug-likeness (QED) is 0.804. The van der Waals surface area contributed by atoms with E-state index in [1.54, 1.807) is 23.2 Å². The number of fused-ring (bicyclic) bond motifs is 1. The first-order valence-corrected chi connectivity index (χ1v) is 9.86. The predicted octanol–water partition coefficient (Wildman–Crippen LogP) is 0.0806. The zero-order valence-electron chi connectivity index (χ0n) is 15.9. The van der Waals surface area contributed by atoms with Gasteiger partial charge in [-0.15, -0.1) is 0 Å². The van der Waals surface area contributed by atoms with Gasteiger partial charge in [0.15, 0.2) is 0 Å². The molecule has 1 aromatic carbocycles. The van der Waals surface area contributed by atoms with Crippen LogP contribution in [0.4, 0.5) is 0 Å². The third kappa shape index (κ3) is 3.94. The van der Waals surface area contributed by atoms with Crippen LogP contribution in [0, 0.1) is 0 Å². The molecule has 0 bridgehead atoms. The summed E-state index contributed by atoms with van der Waals surface area (Å²) in [5.41, 5.74) is -0.257. The number of likely N-dealkylation sites (tertiary alicyclic amines) is 1. The molecule has 0 radical (unpaired) electrons. The summed E-state index contributed by atoms with van der Waals surface area (Å²) in [5, 5.41) is 16.0. The molecule has 28 heavy (non-hydrogen) atoms. The molecule has 8 nitrogen and oxygen atoms in total. The highest BCUT2D eigenvalue weighted by molar-refractivity contribution is 5.81. The van der Waals surface area contributed by atoms with E-state index in [4.69, 9.17) is 4.74 Å². The lowest BCUT2D eigenvalue weighted by Crippen LogP contribution is -2.49. The molecule has 2 fully saturated rings. The average molecular weight is 386 g/mol. The minimum Gasteiger partial charge on any atom is -0.391 e. The number of carbonyl (C=O) groups is 1.